The van der Waals surface area contributed by atoms with E-state index in [2.05, 4.69) is 13.0 Å². The minimum Gasteiger partial charge on any atom is -0.496 e. The first kappa shape index (κ1) is 15.8. The number of aliphatic hydroxyl groups excluding tert-OH is 2. The fourth-order valence-corrected chi connectivity index (χ4v) is 2.47. The number of hydrogen-bond acceptors (Lipinski definition) is 4. The molecule has 0 amide bonds. The topological polar surface area (TPSA) is 52.9 Å². The van der Waals surface area contributed by atoms with Crippen molar-refractivity contribution in [2.75, 3.05) is 32.3 Å². The van der Waals surface area contributed by atoms with Crippen LogP contribution in [0, 0.1) is 20.8 Å². The summed E-state index contributed by atoms with van der Waals surface area (Å²) in [5.74, 6) is 0.914. The highest BCUT2D eigenvalue weighted by Gasteiger charge is 2.18. The van der Waals surface area contributed by atoms with Gasteiger partial charge in [-0.05, 0) is 49.9 Å². The van der Waals surface area contributed by atoms with Gasteiger partial charge in [-0.2, -0.15) is 0 Å². The molecule has 19 heavy (non-hydrogen) atoms. The van der Waals surface area contributed by atoms with E-state index in [-0.39, 0.29) is 19.3 Å². The van der Waals surface area contributed by atoms with Crippen molar-refractivity contribution in [1.29, 1.82) is 0 Å². The number of aryl methyl sites for hydroxylation is 1. The van der Waals surface area contributed by atoms with Crippen LogP contribution in [0.1, 0.15) is 23.1 Å². The molecule has 4 nitrogen and oxygen atoms in total. The van der Waals surface area contributed by atoms with E-state index < -0.39 is 0 Å². The second-order valence-electron chi connectivity index (χ2n) is 4.96. The summed E-state index contributed by atoms with van der Waals surface area (Å²) >= 11 is 0. The number of ether oxygens (including phenoxy) is 1. The first-order chi connectivity index (χ1) is 8.97. The molecule has 108 valence electrons. The van der Waals surface area contributed by atoms with Gasteiger partial charge in [0, 0.05) is 19.3 Å². The number of nitrogens with zero attached hydrogens (tertiary/aromatic N) is 1. The van der Waals surface area contributed by atoms with Crippen molar-refractivity contribution < 1.29 is 14.9 Å². The lowest BCUT2D eigenvalue weighted by molar-refractivity contribution is 0.218. The van der Waals surface area contributed by atoms with Crippen molar-refractivity contribution in [2.45, 2.75) is 33.2 Å². The van der Waals surface area contributed by atoms with Crippen molar-refractivity contribution in [1.82, 2.24) is 0 Å². The predicted octanol–water partition coefficient (Wildman–Crippen LogP) is 1.80. The molecule has 0 saturated carbocycles. The molecule has 1 rings (SSSR count). The number of rotatable bonds is 6. The summed E-state index contributed by atoms with van der Waals surface area (Å²) in [6, 6.07) is 2.00. The number of likely N-dealkylation sites (N-methyl/N-ethyl adjacent to an activating group) is 1. The van der Waals surface area contributed by atoms with E-state index in [1.54, 1.807) is 7.11 Å². The van der Waals surface area contributed by atoms with Gasteiger partial charge >= 0.3 is 0 Å². The fourth-order valence-electron chi connectivity index (χ4n) is 2.47. The Hall–Kier alpha value is -1.26. The van der Waals surface area contributed by atoms with Crippen LogP contribution >= 0.6 is 0 Å². The zero-order valence-electron chi connectivity index (χ0n) is 12.5. The second kappa shape index (κ2) is 6.78. The third-order valence-corrected chi connectivity index (χ3v) is 3.80. The number of aliphatic hydroxyl groups is 2. The van der Waals surface area contributed by atoms with E-state index in [1.807, 2.05) is 25.8 Å². The van der Waals surface area contributed by atoms with Gasteiger partial charge in [-0.3, -0.25) is 0 Å². The van der Waals surface area contributed by atoms with Gasteiger partial charge in [0.25, 0.3) is 0 Å². The summed E-state index contributed by atoms with van der Waals surface area (Å²) in [5.41, 5.74) is 4.41. The van der Waals surface area contributed by atoms with Gasteiger partial charge in [0.2, 0.25) is 0 Å². The maximum atomic E-state index is 9.44. The van der Waals surface area contributed by atoms with Crippen molar-refractivity contribution >= 4 is 5.69 Å². The average Bonchev–Trinajstić information content (AvgIpc) is 2.40. The molecule has 0 radical (unpaired) electrons. The molecule has 0 fully saturated rings. The number of methoxy groups -OCH3 is 1. The van der Waals surface area contributed by atoms with Crippen LogP contribution in [0.2, 0.25) is 0 Å². The van der Waals surface area contributed by atoms with Crippen molar-refractivity contribution in [3.8, 4) is 5.75 Å². The third-order valence-electron chi connectivity index (χ3n) is 3.80. The van der Waals surface area contributed by atoms with Crippen LogP contribution in [0.4, 0.5) is 5.69 Å². The highest BCUT2D eigenvalue weighted by Crippen LogP contribution is 2.33. The van der Waals surface area contributed by atoms with Crippen LogP contribution in [-0.2, 0) is 0 Å². The minimum atomic E-state index is -0.0732. The molecule has 2 N–H and O–H groups in total. The summed E-state index contributed by atoms with van der Waals surface area (Å²) in [7, 11) is 3.63. The molecule has 0 bridgehead atoms. The second-order valence-corrected chi connectivity index (χ2v) is 4.96. The van der Waals surface area contributed by atoms with Crippen molar-refractivity contribution in [3.05, 3.63) is 22.8 Å². The molecule has 1 atom stereocenters. The summed E-state index contributed by atoms with van der Waals surface area (Å²) in [5, 5.41) is 18.5. The van der Waals surface area contributed by atoms with E-state index in [1.165, 1.54) is 0 Å². The molecule has 0 aliphatic rings. The van der Waals surface area contributed by atoms with E-state index in [0.29, 0.717) is 6.42 Å². The minimum absolute atomic E-state index is 0.0284. The van der Waals surface area contributed by atoms with Crippen LogP contribution < -0.4 is 9.64 Å². The Kier molecular flexibility index (Phi) is 5.63. The van der Waals surface area contributed by atoms with Gasteiger partial charge in [-0.25, -0.2) is 0 Å². The Morgan fingerprint density at radius 2 is 1.84 bits per heavy atom. The molecular formula is C15H25NO3. The zero-order chi connectivity index (χ0) is 14.6. The van der Waals surface area contributed by atoms with Gasteiger partial charge in [0.05, 0.1) is 19.8 Å². The predicted molar refractivity (Wildman–Crippen MR) is 78.2 cm³/mol. The standard InChI is InChI=1S/C15H25NO3/c1-10-8-14(11(2)12(3)15(10)19-5)16(4)13(9-18)6-7-17/h8,13,17-18H,6-7,9H2,1-5H3. The highest BCUT2D eigenvalue weighted by molar-refractivity contribution is 5.63. The molecule has 0 aliphatic heterocycles. The quantitative estimate of drug-likeness (QED) is 0.825. The molecule has 0 saturated heterocycles. The van der Waals surface area contributed by atoms with E-state index in [4.69, 9.17) is 9.84 Å². The Morgan fingerprint density at radius 3 is 2.32 bits per heavy atom. The Balaban J connectivity index is 3.20. The van der Waals surface area contributed by atoms with Gasteiger partial charge in [-0.15, -0.1) is 0 Å². The summed E-state index contributed by atoms with van der Waals surface area (Å²) in [4.78, 5) is 2.03. The van der Waals surface area contributed by atoms with Gasteiger partial charge in [-0.1, -0.05) is 0 Å². The monoisotopic (exact) mass is 267 g/mol. The molecule has 0 aliphatic carbocycles. The maximum Gasteiger partial charge on any atom is 0.125 e. The number of hydrogen-bond donors (Lipinski definition) is 2. The molecular weight excluding hydrogens is 242 g/mol. The SMILES string of the molecule is COc1c(C)cc(N(C)C(CO)CCO)c(C)c1C. The lowest BCUT2D eigenvalue weighted by atomic mass is 10.0. The molecule has 1 aromatic carbocycles. The van der Waals surface area contributed by atoms with Crippen LogP contribution in [0.15, 0.2) is 6.07 Å². The highest BCUT2D eigenvalue weighted by atomic mass is 16.5. The lowest BCUT2D eigenvalue weighted by Gasteiger charge is -2.31. The first-order valence-corrected chi connectivity index (χ1v) is 6.57. The third kappa shape index (κ3) is 3.19. The normalized spacial score (nSPS) is 12.4. The largest absolute Gasteiger partial charge is 0.496 e. The lowest BCUT2D eigenvalue weighted by Crippen LogP contribution is -2.36. The van der Waals surface area contributed by atoms with Gasteiger partial charge in [0.15, 0.2) is 0 Å². The zero-order valence-corrected chi connectivity index (χ0v) is 12.5. The Labute approximate surface area is 115 Å². The van der Waals surface area contributed by atoms with E-state index >= 15 is 0 Å². The van der Waals surface area contributed by atoms with Crippen LogP contribution in [0.25, 0.3) is 0 Å². The van der Waals surface area contributed by atoms with Crippen molar-refractivity contribution in [3.63, 3.8) is 0 Å². The van der Waals surface area contributed by atoms with Gasteiger partial charge < -0.3 is 19.8 Å². The van der Waals surface area contributed by atoms with E-state index in [9.17, 15) is 5.11 Å². The number of benzene rings is 1. The summed E-state index contributed by atoms with van der Waals surface area (Å²) in [6.07, 6.45) is 0.552. The fraction of sp³-hybridized carbons (Fsp3) is 0.600. The summed E-state index contributed by atoms with van der Waals surface area (Å²) < 4.78 is 5.42. The summed E-state index contributed by atoms with van der Waals surface area (Å²) in [6.45, 7) is 6.21. The van der Waals surface area contributed by atoms with Crippen LogP contribution in [-0.4, -0.2) is 43.6 Å². The molecule has 0 aromatic heterocycles. The Bertz CT molecular complexity index is 432. The smallest absolute Gasteiger partial charge is 0.125 e. The molecule has 4 heteroatoms. The maximum absolute atomic E-state index is 9.44. The average molecular weight is 267 g/mol. The van der Waals surface area contributed by atoms with E-state index in [0.717, 1.165) is 28.1 Å². The Morgan fingerprint density at radius 1 is 1.21 bits per heavy atom. The molecule has 0 heterocycles. The molecule has 0 spiro atoms. The first-order valence-electron chi connectivity index (χ1n) is 6.57. The molecule has 1 aromatic rings. The van der Waals surface area contributed by atoms with Crippen LogP contribution in [0.3, 0.4) is 0 Å². The number of anilines is 1. The van der Waals surface area contributed by atoms with Crippen molar-refractivity contribution in [2.24, 2.45) is 0 Å². The molecule has 1 unspecified atom stereocenters. The van der Waals surface area contributed by atoms with Crippen LogP contribution in [0.5, 0.6) is 5.75 Å². The van der Waals surface area contributed by atoms with Gasteiger partial charge in [0.1, 0.15) is 5.75 Å².